The molecule has 1 aromatic rings. The number of aromatic hydroxyl groups is 1. The van der Waals surface area contributed by atoms with E-state index in [9.17, 15) is 5.11 Å². The van der Waals surface area contributed by atoms with Gasteiger partial charge in [-0.05, 0) is 25.8 Å². The van der Waals surface area contributed by atoms with Crippen molar-refractivity contribution in [2.75, 3.05) is 20.8 Å². The van der Waals surface area contributed by atoms with E-state index in [0.717, 1.165) is 19.4 Å². The van der Waals surface area contributed by atoms with Crippen molar-refractivity contribution < 1.29 is 14.6 Å². The lowest BCUT2D eigenvalue weighted by atomic mass is 10.0. The number of halogens is 1. The quantitative estimate of drug-likeness (QED) is 0.883. The maximum absolute atomic E-state index is 10.0. The first kappa shape index (κ1) is 13.3. The number of phenolic OH excluding ortho intramolecular Hbond substituents is 1. The molecule has 1 atom stereocenters. The molecule has 2 rings (SSSR count). The Labute approximate surface area is 112 Å². The lowest BCUT2D eigenvalue weighted by molar-refractivity contribution is 0.350. The van der Waals surface area contributed by atoms with Crippen LogP contribution in [0.1, 0.15) is 18.4 Å². The van der Waals surface area contributed by atoms with Gasteiger partial charge in [-0.3, -0.25) is 0 Å². The maximum Gasteiger partial charge on any atom is 0.179 e. The summed E-state index contributed by atoms with van der Waals surface area (Å²) in [6.45, 7) is 1.02. The summed E-state index contributed by atoms with van der Waals surface area (Å²) < 4.78 is 10.4. The van der Waals surface area contributed by atoms with E-state index in [1.54, 1.807) is 13.2 Å². The Kier molecular flexibility index (Phi) is 4.19. The van der Waals surface area contributed by atoms with Gasteiger partial charge in [0.05, 0.1) is 19.2 Å². The highest BCUT2D eigenvalue weighted by Gasteiger charge is 2.22. The molecule has 1 saturated heterocycles. The standard InChI is InChI=1S/C13H18ClNO3/c1-17-11-7-10(16)9(12(14)13(11)18-2)6-8-4-3-5-15-8/h7-8,15-16H,3-6H2,1-2H3. The minimum atomic E-state index is 0.159. The van der Waals surface area contributed by atoms with Gasteiger partial charge in [-0.2, -0.15) is 0 Å². The second-order valence-electron chi connectivity index (χ2n) is 4.42. The molecular weight excluding hydrogens is 254 g/mol. The second kappa shape index (κ2) is 5.67. The third-order valence-electron chi connectivity index (χ3n) is 3.30. The molecule has 5 heteroatoms. The van der Waals surface area contributed by atoms with Gasteiger partial charge in [0, 0.05) is 17.7 Å². The highest BCUT2D eigenvalue weighted by Crippen LogP contribution is 2.43. The molecule has 0 radical (unpaired) electrons. The molecule has 2 N–H and O–H groups in total. The lowest BCUT2D eigenvalue weighted by Gasteiger charge is -2.17. The van der Waals surface area contributed by atoms with Crippen LogP contribution < -0.4 is 14.8 Å². The van der Waals surface area contributed by atoms with Gasteiger partial charge in [-0.15, -0.1) is 0 Å². The molecule has 1 aliphatic heterocycles. The van der Waals surface area contributed by atoms with E-state index < -0.39 is 0 Å². The highest BCUT2D eigenvalue weighted by atomic mass is 35.5. The van der Waals surface area contributed by atoms with Gasteiger partial charge in [0.2, 0.25) is 0 Å². The summed E-state index contributed by atoms with van der Waals surface area (Å²) in [5.74, 6) is 1.08. The van der Waals surface area contributed by atoms with Crippen molar-refractivity contribution in [1.29, 1.82) is 0 Å². The molecule has 0 spiro atoms. The maximum atomic E-state index is 10.0. The topological polar surface area (TPSA) is 50.7 Å². The number of benzene rings is 1. The summed E-state index contributed by atoms with van der Waals surface area (Å²) in [6.07, 6.45) is 2.96. The number of hydrogen-bond acceptors (Lipinski definition) is 4. The summed E-state index contributed by atoms with van der Waals surface area (Å²) in [4.78, 5) is 0. The van der Waals surface area contributed by atoms with Crippen molar-refractivity contribution in [2.45, 2.75) is 25.3 Å². The number of nitrogens with one attached hydrogen (secondary N) is 1. The minimum absolute atomic E-state index is 0.159. The third kappa shape index (κ3) is 2.49. The molecule has 0 aliphatic carbocycles. The summed E-state index contributed by atoms with van der Waals surface area (Å²) in [7, 11) is 3.06. The molecule has 0 saturated carbocycles. The first-order valence-electron chi connectivity index (χ1n) is 6.03. The van der Waals surface area contributed by atoms with Gasteiger partial charge >= 0.3 is 0 Å². The SMILES string of the molecule is COc1cc(O)c(CC2CCCN2)c(Cl)c1OC. The van der Waals surface area contributed by atoms with Crippen LogP contribution >= 0.6 is 11.6 Å². The van der Waals surface area contributed by atoms with Crippen LogP contribution in [0.25, 0.3) is 0 Å². The van der Waals surface area contributed by atoms with Crippen LogP contribution in [0.15, 0.2) is 6.07 Å². The van der Waals surface area contributed by atoms with Gasteiger partial charge in [0.15, 0.2) is 11.5 Å². The van der Waals surface area contributed by atoms with E-state index in [2.05, 4.69) is 5.32 Å². The van der Waals surface area contributed by atoms with Gasteiger partial charge in [-0.25, -0.2) is 0 Å². The van der Waals surface area contributed by atoms with Gasteiger partial charge in [-0.1, -0.05) is 11.6 Å². The van der Waals surface area contributed by atoms with Gasteiger partial charge in [0.1, 0.15) is 5.75 Å². The number of rotatable bonds is 4. The summed E-state index contributed by atoms with van der Waals surface area (Å²) in [5.41, 5.74) is 0.716. The molecule has 0 aromatic heterocycles. The van der Waals surface area contributed by atoms with Crippen LogP contribution in [0.2, 0.25) is 5.02 Å². The highest BCUT2D eigenvalue weighted by molar-refractivity contribution is 6.33. The van der Waals surface area contributed by atoms with Crippen LogP contribution in [0.5, 0.6) is 17.2 Å². The number of hydrogen-bond donors (Lipinski definition) is 2. The van der Waals surface area contributed by atoms with Gasteiger partial charge < -0.3 is 19.9 Å². The second-order valence-corrected chi connectivity index (χ2v) is 4.80. The van der Waals surface area contributed by atoms with E-state index in [1.165, 1.54) is 7.11 Å². The summed E-state index contributed by atoms with van der Waals surface area (Å²) in [6, 6.07) is 1.92. The zero-order valence-corrected chi connectivity index (χ0v) is 11.4. The molecule has 1 aromatic carbocycles. The normalized spacial score (nSPS) is 18.9. The van der Waals surface area contributed by atoms with Gasteiger partial charge in [0.25, 0.3) is 0 Å². The molecule has 0 bridgehead atoms. The number of methoxy groups -OCH3 is 2. The Balaban J connectivity index is 2.33. The minimum Gasteiger partial charge on any atom is -0.507 e. The number of ether oxygens (including phenoxy) is 2. The molecule has 1 unspecified atom stereocenters. The van der Waals surface area contributed by atoms with Crippen molar-refractivity contribution >= 4 is 11.6 Å². The Morgan fingerprint density at radius 3 is 2.78 bits per heavy atom. The summed E-state index contributed by atoms with van der Waals surface area (Å²) >= 11 is 6.28. The fraction of sp³-hybridized carbons (Fsp3) is 0.538. The van der Waals surface area contributed by atoms with E-state index >= 15 is 0 Å². The monoisotopic (exact) mass is 271 g/mol. The molecule has 18 heavy (non-hydrogen) atoms. The molecule has 1 heterocycles. The lowest BCUT2D eigenvalue weighted by Crippen LogP contribution is -2.23. The fourth-order valence-electron chi connectivity index (χ4n) is 2.35. The zero-order valence-electron chi connectivity index (χ0n) is 10.6. The Morgan fingerprint density at radius 1 is 1.44 bits per heavy atom. The van der Waals surface area contributed by atoms with E-state index in [-0.39, 0.29) is 5.75 Å². The third-order valence-corrected chi connectivity index (χ3v) is 3.70. The fourth-order valence-corrected chi connectivity index (χ4v) is 2.69. The average molecular weight is 272 g/mol. The van der Waals surface area contributed by atoms with Crippen molar-refractivity contribution in [3.63, 3.8) is 0 Å². The molecule has 100 valence electrons. The predicted molar refractivity (Wildman–Crippen MR) is 70.9 cm³/mol. The Morgan fingerprint density at radius 2 is 2.22 bits per heavy atom. The van der Waals surface area contributed by atoms with Crippen molar-refractivity contribution in [2.24, 2.45) is 0 Å². The molecular formula is C13H18ClNO3. The van der Waals surface area contributed by atoms with Crippen molar-refractivity contribution in [1.82, 2.24) is 5.32 Å². The first-order chi connectivity index (χ1) is 8.67. The van der Waals surface area contributed by atoms with E-state index in [1.807, 2.05) is 0 Å². The summed E-state index contributed by atoms with van der Waals surface area (Å²) in [5, 5.41) is 13.9. The van der Waals surface area contributed by atoms with Crippen LogP contribution in [-0.2, 0) is 6.42 Å². The van der Waals surface area contributed by atoms with E-state index in [0.29, 0.717) is 34.5 Å². The molecule has 1 fully saturated rings. The molecule has 0 amide bonds. The van der Waals surface area contributed by atoms with Crippen molar-refractivity contribution in [3.8, 4) is 17.2 Å². The average Bonchev–Trinajstić information content (AvgIpc) is 2.86. The van der Waals surface area contributed by atoms with Crippen LogP contribution in [0.3, 0.4) is 0 Å². The van der Waals surface area contributed by atoms with Crippen molar-refractivity contribution in [3.05, 3.63) is 16.7 Å². The van der Waals surface area contributed by atoms with Crippen LogP contribution in [0.4, 0.5) is 0 Å². The number of phenols is 1. The first-order valence-corrected chi connectivity index (χ1v) is 6.40. The Hall–Kier alpha value is -1.13. The Bertz CT molecular complexity index is 431. The van der Waals surface area contributed by atoms with Crippen LogP contribution in [-0.4, -0.2) is 31.9 Å². The smallest absolute Gasteiger partial charge is 0.179 e. The van der Waals surface area contributed by atoms with E-state index in [4.69, 9.17) is 21.1 Å². The largest absolute Gasteiger partial charge is 0.507 e. The van der Waals surface area contributed by atoms with Crippen LogP contribution in [0, 0.1) is 0 Å². The predicted octanol–water partition coefficient (Wildman–Crippen LogP) is 2.36. The molecule has 1 aliphatic rings. The molecule has 4 nitrogen and oxygen atoms in total. The zero-order chi connectivity index (χ0) is 13.1.